The number of pyridine rings is 1. The Morgan fingerprint density at radius 2 is 2.21 bits per heavy atom. The summed E-state index contributed by atoms with van der Waals surface area (Å²) in [7, 11) is 0. The lowest BCUT2D eigenvalue weighted by Crippen LogP contribution is -2.38. The molecule has 1 aromatic rings. The van der Waals surface area contributed by atoms with E-state index in [1.807, 2.05) is 6.92 Å². The summed E-state index contributed by atoms with van der Waals surface area (Å²) < 4.78 is 11.4. The number of hydrogen-bond acceptors (Lipinski definition) is 7. The maximum Gasteiger partial charge on any atom is 0.513 e. The summed E-state index contributed by atoms with van der Waals surface area (Å²) in [5.41, 5.74) is 0.303. The molecule has 0 spiro atoms. The molecular weight excluding hydrogens is 322 g/mol. The Hall–Kier alpha value is -2.91. The first-order valence-corrected chi connectivity index (χ1v) is 7.30. The van der Waals surface area contributed by atoms with Gasteiger partial charge in [-0.05, 0) is 19.4 Å². The third kappa shape index (κ3) is 7.38. The van der Waals surface area contributed by atoms with Crippen molar-refractivity contribution in [3.8, 4) is 0 Å². The van der Waals surface area contributed by atoms with Gasteiger partial charge < -0.3 is 19.6 Å². The summed E-state index contributed by atoms with van der Waals surface area (Å²) in [6, 6.07) is 3.16. The summed E-state index contributed by atoms with van der Waals surface area (Å²) in [6.45, 7) is 3.27. The standard InChI is InChI=1S/C14H19N3O7/c1-3-11(2)24-14(19)22-10-16-7-4-5-12(9-16)13(18)15-6-8-23-17(20)21/h4-5,7,9,11H,3,6,8,10H2,1-2H3/p+1/t11-/m0/s1. The van der Waals surface area contributed by atoms with Gasteiger partial charge >= 0.3 is 6.16 Å². The van der Waals surface area contributed by atoms with Crippen molar-refractivity contribution in [3.63, 3.8) is 0 Å². The predicted octanol–water partition coefficient (Wildman–Crippen LogP) is 0.821. The van der Waals surface area contributed by atoms with Crippen LogP contribution in [0.25, 0.3) is 0 Å². The van der Waals surface area contributed by atoms with Gasteiger partial charge in [-0.25, -0.2) is 4.79 Å². The van der Waals surface area contributed by atoms with Crippen LogP contribution in [0.1, 0.15) is 30.6 Å². The Bertz CT molecular complexity index is 579. The summed E-state index contributed by atoms with van der Waals surface area (Å²) in [6.07, 6.45) is 2.74. The highest BCUT2D eigenvalue weighted by atomic mass is 16.9. The highest BCUT2D eigenvalue weighted by Crippen LogP contribution is 1.99. The highest BCUT2D eigenvalue weighted by Gasteiger charge is 2.14. The normalized spacial score (nSPS) is 11.2. The van der Waals surface area contributed by atoms with Gasteiger partial charge in [0.05, 0.1) is 0 Å². The molecule has 0 radical (unpaired) electrons. The maximum absolute atomic E-state index is 11.9. The Kier molecular flexibility index (Phi) is 7.96. The minimum absolute atomic E-state index is 0.00750. The fourth-order valence-corrected chi connectivity index (χ4v) is 1.53. The van der Waals surface area contributed by atoms with Gasteiger partial charge in [-0.1, -0.05) is 6.92 Å². The number of nitrogens with zero attached hydrogens (tertiary/aromatic N) is 2. The van der Waals surface area contributed by atoms with Gasteiger partial charge in [-0.3, -0.25) is 4.79 Å². The van der Waals surface area contributed by atoms with Crippen LogP contribution in [0.2, 0.25) is 0 Å². The molecule has 0 saturated carbocycles. The van der Waals surface area contributed by atoms with Crippen LogP contribution in [0, 0.1) is 10.1 Å². The van der Waals surface area contributed by atoms with Crippen molar-refractivity contribution in [2.45, 2.75) is 33.1 Å². The average Bonchev–Trinajstić information content (AvgIpc) is 2.56. The Balaban J connectivity index is 2.46. The number of carbonyl (C=O) groups excluding carboxylic acids is 2. The van der Waals surface area contributed by atoms with E-state index in [4.69, 9.17) is 9.47 Å². The first-order chi connectivity index (χ1) is 11.4. The second-order valence-electron chi connectivity index (χ2n) is 4.78. The number of aromatic nitrogens is 1. The average molecular weight is 342 g/mol. The summed E-state index contributed by atoms with van der Waals surface area (Å²) >= 11 is 0. The van der Waals surface area contributed by atoms with E-state index in [1.165, 1.54) is 10.8 Å². The molecule has 0 aliphatic carbocycles. The number of carbonyl (C=O) groups is 2. The number of nitrogens with one attached hydrogen (secondary N) is 1. The fraction of sp³-hybridized carbons (Fsp3) is 0.500. The van der Waals surface area contributed by atoms with Crippen molar-refractivity contribution in [1.29, 1.82) is 0 Å². The van der Waals surface area contributed by atoms with Crippen LogP contribution >= 0.6 is 0 Å². The first kappa shape index (κ1) is 19.1. The number of ether oxygens (including phenoxy) is 2. The lowest BCUT2D eigenvalue weighted by atomic mass is 10.2. The van der Waals surface area contributed by atoms with Crippen molar-refractivity contribution in [2.24, 2.45) is 0 Å². The molecule has 1 atom stereocenters. The van der Waals surface area contributed by atoms with Crippen LogP contribution in [-0.2, 0) is 21.0 Å². The van der Waals surface area contributed by atoms with Gasteiger partial charge in [0.1, 0.15) is 18.3 Å². The number of amides is 1. The zero-order valence-electron chi connectivity index (χ0n) is 13.5. The fourth-order valence-electron chi connectivity index (χ4n) is 1.53. The van der Waals surface area contributed by atoms with Crippen molar-refractivity contribution >= 4 is 12.1 Å². The highest BCUT2D eigenvalue weighted by molar-refractivity contribution is 5.93. The molecule has 0 fully saturated rings. The van der Waals surface area contributed by atoms with Gasteiger partial charge in [0.15, 0.2) is 12.4 Å². The van der Waals surface area contributed by atoms with Crippen LogP contribution in [0.3, 0.4) is 0 Å². The molecule has 24 heavy (non-hydrogen) atoms. The lowest BCUT2D eigenvalue weighted by molar-refractivity contribution is -0.757. The van der Waals surface area contributed by atoms with E-state index < -0.39 is 17.1 Å². The third-order valence-electron chi connectivity index (χ3n) is 2.91. The van der Waals surface area contributed by atoms with E-state index in [0.29, 0.717) is 12.0 Å². The van der Waals surface area contributed by atoms with Gasteiger partial charge in [0.2, 0.25) is 0 Å². The Morgan fingerprint density at radius 3 is 2.88 bits per heavy atom. The summed E-state index contributed by atoms with van der Waals surface area (Å²) in [4.78, 5) is 37.4. The molecule has 1 heterocycles. The predicted molar refractivity (Wildman–Crippen MR) is 79.2 cm³/mol. The third-order valence-corrected chi connectivity index (χ3v) is 2.91. The van der Waals surface area contributed by atoms with Crippen molar-refractivity contribution in [1.82, 2.24) is 5.32 Å². The largest absolute Gasteiger partial charge is 0.513 e. The Morgan fingerprint density at radius 1 is 1.46 bits per heavy atom. The topological polar surface area (TPSA) is 121 Å². The Labute approximate surface area is 138 Å². The van der Waals surface area contributed by atoms with E-state index in [1.54, 1.807) is 25.3 Å². The molecule has 0 saturated heterocycles. The van der Waals surface area contributed by atoms with E-state index >= 15 is 0 Å². The first-order valence-electron chi connectivity index (χ1n) is 7.30. The molecule has 1 N–H and O–H groups in total. The molecule has 0 aromatic carbocycles. The SMILES string of the molecule is CC[C@H](C)OC(=O)OC[n+]1cccc(C(=O)NCCO[N+](=O)[O-])c1. The number of hydrogen-bond donors (Lipinski definition) is 1. The van der Waals surface area contributed by atoms with E-state index in [-0.39, 0.29) is 26.0 Å². The summed E-state index contributed by atoms with van der Waals surface area (Å²) in [5, 5.41) is 11.5. The molecule has 132 valence electrons. The second-order valence-corrected chi connectivity index (χ2v) is 4.78. The van der Waals surface area contributed by atoms with Crippen molar-refractivity contribution in [2.75, 3.05) is 13.2 Å². The minimum atomic E-state index is -0.932. The lowest BCUT2D eigenvalue weighted by Gasteiger charge is -2.09. The zero-order valence-corrected chi connectivity index (χ0v) is 13.5. The maximum atomic E-state index is 11.9. The zero-order chi connectivity index (χ0) is 17.9. The molecule has 0 bridgehead atoms. The molecule has 0 aliphatic heterocycles. The molecule has 0 unspecified atom stereocenters. The van der Waals surface area contributed by atoms with Gasteiger partial charge in [0.25, 0.3) is 17.7 Å². The monoisotopic (exact) mass is 342 g/mol. The van der Waals surface area contributed by atoms with Crippen molar-refractivity contribution in [3.05, 3.63) is 40.2 Å². The van der Waals surface area contributed by atoms with Crippen LogP contribution in [0.5, 0.6) is 0 Å². The molecule has 1 rings (SSSR count). The van der Waals surface area contributed by atoms with E-state index in [9.17, 15) is 19.7 Å². The quantitative estimate of drug-likeness (QED) is 0.232. The second kappa shape index (κ2) is 9.98. The molecular formula is C14H20N3O7+. The molecule has 10 nitrogen and oxygen atoms in total. The van der Waals surface area contributed by atoms with Crippen LogP contribution in [-0.4, -0.2) is 36.4 Å². The van der Waals surface area contributed by atoms with E-state index in [2.05, 4.69) is 10.2 Å². The molecule has 10 heteroatoms. The van der Waals surface area contributed by atoms with E-state index in [0.717, 1.165) is 0 Å². The molecule has 1 amide bonds. The molecule has 1 aromatic heterocycles. The minimum Gasteiger partial charge on any atom is -0.431 e. The van der Waals surface area contributed by atoms with Gasteiger partial charge in [0, 0.05) is 12.6 Å². The van der Waals surface area contributed by atoms with Gasteiger partial charge in [-0.2, -0.15) is 4.57 Å². The summed E-state index contributed by atoms with van der Waals surface area (Å²) in [5.74, 6) is -0.432. The van der Waals surface area contributed by atoms with Crippen LogP contribution < -0.4 is 9.88 Å². The van der Waals surface area contributed by atoms with Crippen molar-refractivity contribution < 1.29 is 33.6 Å². The smallest absolute Gasteiger partial charge is 0.431 e. The molecule has 0 aliphatic rings. The van der Waals surface area contributed by atoms with Crippen LogP contribution in [0.4, 0.5) is 4.79 Å². The van der Waals surface area contributed by atoms with Crippen LogP contribution in [0.15, 0.2) is 24.5 Å². The van der Waals surface area contributed by atoms with Gasteiger partial charge in [-0.15, -0.1) is 10.1 Å². The number of rotatable bonds is 9.